The Bertz CT molecular complexity index is 871. The highest BCUT2D eigenvalue weighted by Gasteiger charge is 2.36. The molecule has 3 amide bonds. The number of carbonyl (C=O) groups is 3. The zero-order valence-electron chi connectivity index (χ0n) is 16.3. The number of carbonyl (C=O) groups excluding carboxylic acids is 3. The molecule has 1 aromatic heterocycles. The first-order valence-electron chi connectivity index (χ1n) is 9.71. The van der Waals surface area contributed by atoms with E-state index in [9.17, 15) is 14.4 Å². The summed E-state index contributed by atoms with van der Waals surface area (Å²) in [5.41, 5.74) is 1.90. The first-order valence-corrected chi connectivity index (χ1v) is 10.7. The Hall–Kier alpha value is -2.55. The van der Waals surface area contributed by atoms with Crippen molar-refractivity contribution in [2.75, 3.05) is 46.3 Å². The Morgan fingerprint density at radius 2 is 1.72 bits per heavy atom. The van der Waals surface area contributed by atoms with E-state index in [1.54, 1.807) is 35.6 Å². The van der Waals surface area contributed by atoms with Gasteiger partial charge in [-0.3, -0.25) is 24.2 Å². The van der Waals surface area contributed by atoms with Crippen molar-refractivity contribution in [3.05, 3.63) is 57.8 Å². The van der Waals surface area contributed by atoms with Crippen LogP contribution in [0, 0.1) is 0 Å². The highest BCUT2D eigenvalue weighted by molar-refractivity contribution is 7.08. The average molecular weight is 413 g/mol. The summed E-state index contributed by atoms with van der Waals surface area (Å²) in [6, 6.07) is 8.84. The summed E-state index contributed by atoms with van der Waals surface area (Å²) in [4.78, 5) is 43.2. The minimum atomic E-state index is -0.408. The van der Waals surface area contributed by atoms with Crippen LogP contribution in [-0.4, -0.2) is 78.7 Å². The maximum atomic E-state index is 12.6. The monoisotopic (exact) mass is 412 g/mol. The molecular weight excluding hydrogens is 388 g/mol. The van der Waals surface area contributed by atoms with Gasteiger partial charge in [-0.15, -0.1) is 0 Å². The molecule has 152 valence electrons. The first kappa shape index (κ1) is 19.8. The third-order valence-corrected chi connectivity index (χ3v) is 6.28. The number of piperazine rings is 1. The number of nitrogens with zero attached hydrogens (tertiary/aromatic N) is 3. The van der Waals surface area contributed by atoms with Crippen molar-refractivity contribution in [3.63, 3.8) is 0 Å². The molecule has 4 rings (SSSR count). The predicted octanol–water partition coefficient (Wildman–Crippen LogP) is 1.45. The molecule has 1 fully saturated rings. The molecule has 2 aliphatic rings. The topological polar surface area (TPSA) is 73.0 Å². The Morgan fingerprint density at radius 1 is 1.07 bits per heavy atom. The molecule has 2 aromatic rings. The number of nitrogens with one attached hydrogen (secondary N) is 1. The van der Waals surface area contributed by atoms with E-state index >= 15 is 0 Å². The van der Waals surface area contributed by atoms with Crippen LogP contribution in [0.25, 0.3) is 0 Å². The van der Waals surface area contributed by atoms with Gasteiger partial charge in [0.1, 0.15) is 6.54 Å². The van der Waals surface area contributed by atoms with Crippen molar-refractivity contribution in [2.45, 2.75) is 6.04 Å². The van der Waals surface area contributed by atoms with Crippen LogP contribution in [0.5, 0.6) is 0 Å². The third-order valence-electron chi connectivity index (χ3n) is 5.58. The molecule has 1 N–H and O–H groups in total. The van der Waals surface area contributed by atoms with Gasteiger partial charge in [0.2, 0.25) is 5.91 Å². The van der Waals surface area contributed by atoms with E-state index in [0.29, 0.717) is 17.7 Å². The van der Waals surface area contributed by atoms with Crippen molar-refractivity contribution in [3.8, 4) is 0 Å². The van der Waals surface area contributed by atoms with Gasteiger partial charge < -0.3 is 10.2 Å². The minimum absolute atomic E-state index is 0.0843. The fraction of sp³-hybridized carbons (Fsp3) is 0.381. The van der Waals surface area contributed by atoms with E-state index in [1.165, 1.54) is 5.56 Å². The van der Waals surface area contributed by atoms with Gasteiger partial charge in [0.05, 0.1) is 17.2 Å². The van der Waals surface area contributed by atoms with Crippen LogP contribution in [0.4, 0.5) is 0 Å². The molecular formula is C21H24N4O3S. The van der Waals surface area contributed by atoms with Crippen LogP contribution >= 0.6 is 11.3 Å². The second-order valence-corrected chi connectivity index (χ2v) is 8.24. The van der Waals surface area contributed by atoms with E-state index in [4.69, 9.17) is 0 Å². The number of likely N-dealkylation sites (N-methyl/N-ethyl adjacent to an activating group) is 1. The Morgan fingerprint density at radius 3 is 2.31 bits per heavy atom. The van der Waals surface area contributed by atoms with Gasteiger partial charge in [-0.25, -0.2) is 0 Å². The average Bonchev–Trinajstić information content (AvgIpc) is 3.34. The standard InChI is InChI=1S/C21H24N4O3S/c1-23-7-9-24(10-8-23)18(15-6-11-29-14-15)12-22-19(26)13-25-20(27)16-4-2-3-5-17(16)21(25)28/h2-6,11,14,18H,7-10,12-13H2,1H3,(H,22,26). The highest BCUT2D eigenvalue weighted by Crippen LogP contribution is 2.24. The lowest BCUT2D eigenvalue weighted by Crippen LogP contribution is -2.49. The summed E-state index contributed by atoms with van der Waals surface area (Å²) in [6.07, 6.45) is 0. The maximum absolute atomic E-state index is 12.6. The van der Waals surface area contributed by atoms with Gasteiger partial charge in [0.25, 0.3) is 11.8 Å². The highest BCUT2D eigenvalue weighted by atomic mass is 32.1. The number of amides is 3. The van der Waals surface area contributed by atoms with E-state index in [2.05, 4.69) is 33.6 Å². The molecule has 2 aliphatic heterocycles. The number of hydrogen-bond donors (Lipinski definition) is 1. The first-order chi connectivity index (χ1) is 14.0. The Balaban J connectivity index is 1.39. The lowest BCUT2D eigenvalue weighted by atomic mass is 10.1. The van der Waals surface area contributed by atoms with E-state index in [0.717, 1.165) is 31.1 Å². The van der Waals surface area contributed by atoms with Crippen molar-refractivity contribution in [1.29, 1.82) is 0 Å². The smallest absolute Gasteiger partial charge is 0.262 e. The molecule has 0 aliphatic carbocycles. The summed E-state index contributed by atoms with van der Waals surface area (Å²) >= 11 is 1.64. The molecule has 0 radical (unpaired) electrons. The lowest BCUT2D eigenvalue weighted by Gasteiger charge is -2.38. The van der Waals surface area contributed by atoms with E-state index in [1.807, 2.05) is 5.38 Å². The summed E-state index contributed by atoms with van der Waals surface area (Å²) in [6.45, 7) is 4.04. The lowest BCUT2D eigenvalue weighted by molar-refractivity contribution is -0.121. The van der Waals surface area contributed by atoms with Gasteiger partial charge in [0.15, 0.2) is 0 Å². The van der Waals surface area contributed by atoms with Crippen LogP contribution in [0.15, 0.2) is 41.1 Å². The number of rotatable bonds is 6. The fourth-order valence-electron chi connectivity index (χ4n) is 3.85. The molecule has 1 aromatic carbocycles. The summed E-state index contributed by atoms with van der Waals surface area (Å²) in [5, 5.41) is 7.09. The fourth-order valence-corrected chi connectivity index (χ4v) is 4.56. The van der Waals surface area contributed by atoms with Crippen molar-refractivity contribution < 1.29 is 14.4 Å². The molecule has 3 heterocycles. The summed E-state index contributed by atoms with van der Waals surface area (Å²) < 4.78 is 0. The molecule has 1 unspecified atom stereocenters. The van der Waals surface area contributed by atoms with Crippen molar-refractivity contribution in [2.24, 2.45) is 0 Å². The number of thiophene rings is 1. The van der Waals surface area contributed by atoms with Gasteiger partial charge in [0, 0.05) is 32.7 Å². The van der Waals surface area contributed by atoms with Crippen LogP contribution in [0.3, 0.4) is 0 Å². The zero-order valence-corrected chi connectivity index (χ0v) is 17.2. The normalized spacial score (nSPS) is 18.7. The second kappa shape index (κ2) is 8.44. The largest absolute Gasteiger partial charge is 0.353 e. The van der Waals surface area contributed by atoms with Gasteiger partial charge in [-0.2, -0.15) is 11.3 Å². The van der Waals surface area contributed by atoms with Crippen LogP contribution in [-0.2, 0) is 4.79 Å². The Kier molecular flexibility index (Phi) is 5.75. The number of imide groups is 1. The second-order valence-electron chi connectivity index (χ2n) is 7.46. The number of hydrogen-bond acceptors (Lipinski definition) is 6. The quantitative estimate of drug-likeness (QED) is 0.727. The number of benzene rings is 1. The molecule has 1 atom stereocenters. The minimum Gasteiger partial charge on any atom is -0.353 e. The van der Waals surface area contributed by atoms with Crippen LogP contribution in [0.2, 0.25) is 0 Å². The van der Waals surface area contributed by atoms with Gasteiger partial charge in [-0.05, 0) is 41.6 Å². The van der Waals surface area contributed by atoms with Gasteiger partial charge in [-0.1, -0.05) is 12.1 Å². The van der Waals surface area contributed by atoms with E-state index in [-0.39, 0.29) is 18.5 Å². The molecule has 0 bridgehead atoms. The third kappa shape index (κ3) is 4.10. The van der Waals surface area contributed by atoms with Gasteiger partial charge >= 0.3 is 0 Å². The molecule has 0 spiro atoms. The van der Waals surface area contributed by atoms with Crippen LogP contribution in [0.1, 0.15) is 32.3 Å². The predicted molar refractivity (Wildman–Crippen MR) is 111 cm³/mol. The van der Waals surface area contributed by atoms with Crippen molar-refractivity contribution in [1.82, 2.24) is 20.0 Å². The zero-order chi connectivity index (χ0) is 20.4. The summed E-state index contributed by atoms with van der Waals surface area (Å²) in [7, 11) is 2.11. The SMILES string of the molecule is CN1CCN(C(CNC(=O)CN2C(=O)c3ccccc3C2=O)c2ccsc2)CC1. The molecule has 29 heavy (non-hydrogen) atoms. The molecule has 8 heteroatoms. The molecule has 7 nitrogen and oxygen atoms in total. The summed E-state index contributed by atoms with van der Waals surface area (Å²) in [5.74, 6) is -1.14. The molecule has 1 saturated heterocycles. The number of fused-ring (bicyclic) bond motifs is 1. The van der Waals surface area contributed by atoms with Crippen LogP contribution < -0.4 is 5.32 Å². The van der Waals surface area contributed by atoms with Crippen molar-refractivity contribution >= 4 is 29.1 Å². The Labute approximate surface area is 173 Å². The molecule has 0 saturated carbocycles. The maximum Gasteiger partial charge on any atom is 0.262 e. The van der Waals surface area contributed by atoms with E-state index < -0.39 is 11.8 Å².